The van der Waals surface area contributed by atoms with Crippen LogP contribution in [0.4, 0.5) is 0 Å². The van der Waals surface area contributed by atoms with Gasteiger partial charge in [0, 0.05) is 31.2 Å². The number of hydrogen-bond donors (Lipinski definition) is 0. The molecule has 0 N–H and O–H groups in total. The lowest BCUT2D eigenvalue weighted by atomic mass is 10.2. The number of carbonyl (C=O) groups is 1. The molecule has 0 radical (unpaired) electrons. The lowest BCUT2D eigenvalue weighted by Crippen LogP contribution is -2.42. The number of halogens is 1. The predicted molar refractivity (Wildman–Crippen MR) is 98.6 cm³/mol. The fraction of sp³-hybridized carbons (Fsp3) is 0.375. The topological polar surface area (TPSA) is 32.8 Å². The Labute approximate surface area is 150 Å². The number of carbonyl (C=O) groups excluding carboxylic acids is 1. The summed E-state index contributed by atoms with van der Waals surface area (Å²) in [5.74, 6) is -0.0109. The van der Waals surface area contributed by atoms with E-state index in [1.807, 2.05) is 30.3 Å². The Hall–Kier alpha value is -0.920. The van der Waals surface area contributed by atoms with E-state index in [1.165, 1.54) is 11.8 Å². The minimum absolute atomic E-state index is 0.0109. The van der Waals surface area contributed by atoms with Crippen LogP contribution in [0, 0.1) is 0 Å². The number of thiocarbonyl (C=S) groups is 1. The molecule has 7 heteroatoms. The largest absolute Gasteiger partial charge is 0.379 e. The van der Waals surface area contributed by atoms with Crippen molar-refractivity contribution in [3.05, 3.63) is 39.8 Å². The zero-order valence-electron chi connectivity index (χ0n) is 12.5. The zero-order valence-corrected chi connectivity index (χ0v) is 14.9. The molecular weight excluding hydrogens is 352 g/mol. The third kappa shape index (κ3) is 4.33. The molecule has 2 aliphatic rings. The third-order valence-corrected chi connectivity index (χ3v) is 5.41. The molecule has 2 aliphatic heterocycles. The minimum atomic E-state index is -0.0109. The molecule has 4 nitrogen and oxygen atoms in total. The quantitative estimate of drug-likeness (QED) is 0.602. The first-order valence-corrected chi connectivity index (χ1v) is 9.05. The highest BCUT2D eigenvalue weighted by Crippen LogP contribution is 2.32. The van der Waals surface area contributed by atoms with Crippen LogP contribution < -0.4 is 0 Å². The Morgan fingerprint density at radius 3 is 2.61 bits per heavy atom. The molecule has 2 fully saturated rings. The molecule has 3 rings (SSSR count). The van der Waals surface area contributed by atoms with E-state index in [-0.39, 0.29) is 5.91 Å². The van der Waals surface area contributed by atoms with Gasteiger partial charge < -0.3 is 4.74 Å². The van der Waals surface area contributed by atoms with Gasteiger partial charge in [0.25, 0.3) is 5.91 Å². The van der Waals surface area contributed by atoms with E-state index < -0.39 is 0 Å². The van der Waals surface area contributed by atoms with Crippen LogP contribution in [0.15, 0.2) is 29.2 Å². The summed E-state index contributed by atoms with van der Waals surface area (Å²) in [7, 11) is 0. The van der Waals surface area contributed by atoms with Crippen LogP contribution >= 0.6 is 35.6 Å². The molecule has 1 amide bonds. The number of hydrogen-bond acceptors (Lipinski definition) is 5. The molecule has 0 bridgehead atoms. The van der Waals surface area contributed by atoms with E-state index in [0.29, 0.717) is 20.8 Å². The Morgan fingerprint density at radius 1 is 1.22 bits per heavy atom. The van der Waals surface area contributed by atoms with Crippen molar-refractivity contribution in [3.63, 3.8) is 0 Å². The summed E-state index contributed by atoms with van der Waals surface area (Å²) in [5, 5.41) is 0.681. The minimum Gasteiger partial charge on any atom is -0.379 e. The van der Waals surface area contributed by atoms with E-state index in [0.717, 1.165) is 38.4 Å². The van der Waals surface area contributed by atoms with Crippen molar-refractivity contribution in [2.24, 2.45) is 0 Å². The van der Waals surface area contributed by atoms with Gasteiger partial charge in [0.05, 0.1) is 18.1 Å². The fourth-order valence-corrected chi connectivity index (χ4v) is 3.90. The Morgan fingerprint density at radius 2 is 1.91 bits per heavy atom. The summed E-state index contributed by atoms with van der Waals surface area (Å²) < 4.78 is 5.96. The Balaban J connectivity index is 1.63. The van der Waals surface area contributed by atoms with Crippen molar-refractivity contribution in [1.82, 2.24) is 9.80 Å². The van der Waals surface area contributed by atoms with Crippen LogP contribution in [0.5, 0.6) is 0 Å². The van der Waals surface area contributed by atoms with Gasteiger partial charge in [-0.15, -0.1) is 0 Å². The maximum Gasteiger partial charge on any atom is 0.266 e. The normalized spacial score (nSPS) is 21.4. The van der Waals surface area contributed by atoms with Crippen LogP contribution in [-0.4, -0.2) is 59.4 Å². The van der Waals surface area contributed by atoms with Gasteiger partial charge in [0.2, 0.25) is 0 Å². The maximum absolute atomic E-state index is 12.5. The third-order valence-electron chi connectivity index (χ3n) is 3.78. The van der Waals surface area contributed by atoms with E-state index >= 15 is 0 Å². The van der Waals surface area contributed by atoms with Gasteiger partial charge in [-0.05, 0) is 23.8 Å². The average molecular weight is 369 g/mol. The molecule has 0 aliphatic carbocycles. The van der Waals surface area contributed by atoms with Crippen molar-refractivity contribution in [2.45, 2.75) is 0 Å². The molecule has 0 unspecified atom stereocenters. The van der Waals surface area contributed by atoms with Gasteiger partial charge in [-0.25, -0.2) is 0 Å². The van der Waals surface area contributed by atoms with Gasteiger partial charge in [0.1, 0.15) is 4.32 Å². The van der Waals surface area contributed by atoms with Gasteiger partial charge in [0.15, 0.2) is 0 Å². The van der Waals surface area contributed by atoms with Crippen LogP contribution in [0.1, 0.15) is 5.56 Å². The second-order valence-corrected chi connectivity index (χ2v) is 7.45. The summed E-state index contributed by atoms with van der Waals surface area (Å²) in [6.07, 6.45) is 1.87. The highest BCUT2D eigenvalue weighted by molar-refractivity contribution is 8.26. The number of ether oxygens (including phenoxy) is 1. The van der Waals surface area contributed by atoms with Crippen molar-refractivity contribution in [1.29, 1.82) is 0 Å². The second-order valence-electron chi connectivity index (χ2n) is 5.34. The smallest absolute Gasteiger partial charge is 0.266 e. The highest BCUT2D eigenvalue weighted by Gasteiger charge is 2.32. The van der Waals surface area contributed by atoms with Crippen LogP contribution in [0.2, 0.25) is 5.02 Å². The number of rotatable bonds is 4. The van der Waals surface area contributed by atoms with Crippen LogP contribution in [0.3, 0.4) is 0 Å². The van der Waals surface area contributed by atoms with E-state index in [9.17, 15) is 4.79 Å². The molecular formula is C16H17ClN2O2S2. The molecule has 0 atom stereocenters. The summed E-state index contributed by atoms with van der Waals surface area (Å²) in [5.41, 5.74) is 0.947. The van der Waals surface area contributed by atoms with E-state index in [4.69, 9.17) is 28.6 Å². The molecule has 0 aromatic heterocycles. The van der Waals surface area contributed by atoms with E-state index in [2.05, 4.69) is 4.90 Å². The molecule has 23 heavy (non-hydrogen) atoms. The molecule has 122 valence electrons. The molecule has 2 heterocycles. The number of morpholine rings is 1. The zero-order chi connectivity index (χ0) is 16.2. The number of nitrogens with zero attached hydrogens (tertiary/aromatic N) is 2. The lowest BCUT2D eigenvalue weighted by molar-refractivity contribution is -0.122. The first-order valence-electron chi connectivity index (χ1n) is 7.44. The van der Waals surface area contributed by atoms with Crippen LogP contribution in [-0.2, 0) is 9.53 Å². The maximum atomic E-state index is 12.5. The monoisotopic (exact) mass is 368 g/mol. The first kappa shape index (κ1) is 16.9. The standard InChI is InChI=1S/C16H17ClN2O2S2/c17-13-3-1-12(2-4-13)11-14-15(20)19(16(22)23-14)6-5-18-7-9-21-10-8-18/h1-4,11H,5-10H2/b14-11-. The second kappa shape index (κ2) is 7.77. The van der Waals surface area contributed by atoms with Gasteiger partial charge >= 0.3 is 0 Å². The van der Waals surface area contributed by atoms with Crippen molar-refractivity contribution in [3.8, 4) is 0 Å². The number of thioether (sulfide) groups is 1. The summed E-state index contributed by atoms with van der Waals surface area (Å²) in [4.78, 5) is 17.2. The van der Waals surface area contributed by atoms with Crippen LogP contribution in [0.25, 0.3) is 6.08 Å². The number of benzene rings is 1. The Bertz CT molecular complexity index is 627. The molecule has 1 aromatic rings. The summed E-state index contributed by atoms with van der Waals surface area (Å²) in [6, 6.07) is 7.41. The van der Waals surface area contributed by atoms with Crippen molar-refractivity contribution >= 4 is 51.9 Å². The summed E-state index contributed by atoms with van der Waals surface area (Å²) in [6.45, 7) is 4.79. The van der Waals surface area contributed by atoms with Crippen molar-refractivity contribution < 1.29 is 9.53 Å². The van der Waals surface area contributed by atoms with Gasteiger partial charge in [-0.2, -0.15) is 0 Å². The highest BCUT2D eigenvalue weighted by atomic mass is 35.5. The van der Waals surface area contributed by atoms with E-state index in [1.54, 1.807) is 4.90 Å². The van der Waals surface area contributed by atoms with Gasteiger partial charge in [-0.3, -0.25) is 14.6 Å². The molecule has 1 aromatic carbocycles. The van der Waals surface area contributed by atoms with Gasteiger partial charge in [-0.1, -0.05) is 47.7 Å². The first-order chi connectivity index (χ1) is 11.1. The lowest BCUT2D eigenvalue weighted by Gasteiger charge is -2.28. The molecule has 0 spiro atoms. The summed E-state index contributed by atoms with van der Waals surface area (Å²) >= 11 is 12.6. The number of amides is 1. The van der Waals surface area contributed by atoms with Crippen molar-refractivity contribution in [2.75, 3.05) is 39.4 Å². The molecule has 2 saturated heterocycles. The predicted octanol–water partition coefficient (Wildman–Crippen LogP) is 2.87. The SMILES string of the molecule is O=C1/C(=C/c2ccc(Cl)cc2)SC(=S)N1CCN1CCOCC1. The fourth-order valence-electron chi connectivity index (χ4n) is 2.47. The Kier molecular flexibility index (Phi) is 5.71. The molecule has 0 saturated carbocycles. The average Bonchev–Trinajstić information content (AvgIpc) is 2.82.